The number of rotatable bonds is 12. The molecule has 41 heavy (non-hydrogen) atoms. The lowest BCUT2D eigenvalue weighted by molar-refractivity contribution is -0.137. The number of aliphatic hydroxyl groups is 1. The normalized spacial score (nSPS) is 14.6. The van der Waals surface area contributed by atoms with E-state index >= 15 is 0 Å². The summed E-state index contributed by atoms with van der Waals surface area (Å²) in [4.78, 5) is 39.4. The first-order valence-corrected chi connectivity index (χ1v) is 13.7. The van der Waals surface area contributed by atoms with Crippen LogP contribution >= 0.6 is 0 Å². The van der Waals surface area contributed by atoms with Gasteiger partial charge in [-0.1, -0.05) is 37.1 Å². The molecular weight excluding hydrogens is 539 g/mol. The predicted molar refractivity (Wildman–Crippen MR) is 149 cm³/mol. The molecule has 0 bridgehead atoms. The topological polar surface area (TPSA) is 123 Å². The summed E-state index contributed by atoms with van der Waals surface area (Å²) < 4.78 is 40.0. The van der Waals surface area contributed by atoms with Crippen molar-refractivity contribution < 1.29 is 32.7 Å². The SMILES string of the molecule is CCC[C@H](O)[C@H](CNCc1ccc(C)cc1C)NC(=O)CNC(=O)c1cc(C(F)(F)F)ccc1NC(=O)N1CCC1. The molecule has 224 valence electrons. The Balaban J connectivity index is 1.63. The van der Waals surface area contributed by atoms with Crippen LogP contribution in [-0.2, 0) is 17.5 Å². The molecule has 1 aliphatic heterocycles. The summed E-state index contributed by atoms with van der Waals surface area (Å²) in [5.41, 5.74) is 1.76. The summed E-state index contributed by atoms with van der Waals surface area (Å²) in [6, 6.07) is 7.34. The Morgan fingerprint density at radius 3 is 2.41 bits per heavy atom. The number of likely N-dealkylation sites (tertiary alicyclic amines) is 1. The fraction of sp³-hybridized carbons (Fsp3) is 0.483. The lowest BCUT2D eigenvalue weighted by atomic mass is 10.0. The zero-order valence-corrected chi connectivity index (χ0v) is 23.5. The molecule has 0 saturated carbocycles. The summed E-state index contributed by atoms with van der Waals surface area (Å²) in [5.74, 6) is -1.58. The first-order valence-electron chi connectivity index (χ1n) is 13.7. The Morgan fingerprint density at radius 1 is 1.07 bits per heavy atom. The summed E-state index contributed by atoms with van der Waals surface area (Å²) in [5, 5.41) is 21.4. The van der Waals surface area contributed by atoms with Gasteiger partial charge in [0.1, 0.15) is 0 Å². The highest BCUT2D eigenvalue weighted by Crippen LogP contribution is 2.32. The van der Waals surface area contributed by atoms with Crippen LogP contribution in [0.15, 0.2) is 36.4 Å². The zero-order valence-electron chi connectivity index (χ0n) is 23.5. The highest BCUT2D eigenvalue weighted by Gasteiger charge is 2.32. The van der Waals surface area contributed by atoms with Crippen LogP contribution in [0, 0.1) is 13.8 Å². The highest BCUT2D eigenvalue weighted by atomic mass is 19.4. The molecule has 1 heterocycles. The summed E-state index contributed by atoms with van der Waals surface area (Å²) in [7, 11) is 0. The van der Waals surface area contributed by atoms with Crippen molar-refractivity contribution in [2.75, 3.05) is 31.5 Å². The number of alkyl halides is 3. The lowest BCUT2D eigenvalue weighted by Gasteiger charge is -2.31. The molecule has 3 rings (SSSR count). The zero-order chi connectivity index (χ0) is 30.2. The van der Waals surface area contributed by atoms with Gasteiger partial charge in [-0.05, 0) is 56.0 Å². The Labute approximate surface area is 237 Å². The predicted octanol–water partition coefficient (Wildman–Crippen LogP) is 3.73. The molecule has 1 aliphatic rings. The van der Waals surface area contributed by atoms with E-state index < -0.39 is 53.8 Å². The van der Waals surface area contributed by atoms with Crippen molar-refractivity contribution in [2.45, 2.75) is 64.9 Å². The van der Waals surface area contributed by atoms with Crippen LogP contribution < -0.4 is 21.3 Å². The number of urea groups is 1. The van der Waals surface area contributed by atoms with Crippen LogP contribution in [0.25, 0.3) is 0 Å². The lowest BCUT2D eigenvalue weighted by Crippen LogP contribution is -2.51. The summed E-state index contributed by atoms with van der Waals surface area (Å²) >= 11 is 0. The third-order valence-electron chi connectivity index (χ3n) is 6.96. The van der Waals surface area contributed by atoms with Crippen molar-refractivity contribution in [3.8, 4) is 0 Å². The van der Waals surface area contributed by atoms with Crippen LogP contribution in [-0.4, -0.2) is 66.2 Å². The van der Waals surface area contributed by atoms with Crippen molar-refractivity contribution in [1.82, 2.24) is 20.9 Å². The average Bonchev–Trinajstić information content (AvgIpc) is 2.86. The molecule has 5 N–H and O–H groups in total. The van der Waals surface area contributed by atoms with E-state index in [2.05, 4.69) is 27.3 Å². The van der Waals surface area contributed by atoms with Crippen molar-refractivity contribution in [1.29, 1.82) is 0 Å². The fourth-order valence-electron chi connectivity index (χ4n) is 4.43. The van der Waals surface area contributed by atoms with Gasteiger partial charge in [-0.3, -0.25) is 9.59 Å². The van der Waals surface area contributed by atoms with Gasteiger partial charge in [0.25, 0.3) is 5.91 Å². The Hall–Kier alpha value is -3.64. The van der Waals surface area contributed by atoms with Gasteiger partial charge in [0, 0.05) is 26.2 Å². The van der Waals surface area contributed by atoms with E-state index in [-0.39, 0.29) is 12.2 Å². The standard InChI is InChI=1S/C29H38F3N5O4/c1-4-6-25(38)24(16-33-15-20-8-7-18(2)13-19(20)3)35-26(39)17-34-27(40)22-14-21(29(30,31)32)9-10-23(22)36-28(41)37-11-5-12-37/h7-10,13-14,24-25,33,38H,4-6,11-12,15-17H2,1-3H3,(H,34,40)(H,35,39)(H,36,41)/t24-,25-/m0/s1. The molecule has 2 aromatic rings. The van der Waals surface area contributed by atoms with Gasteiger partial charge >= 0.3 is 12.2 Å². The maximum atomic E-state index is 13.3. The van der Waals surface area contributed by atoms with E-state index in [1.54, 1.807) is 0 Å². The minimum absolute atomic E-state index is 0.0975. The fourth-order valence-corrected chi connectivity index (χ4v) is 4.43. The smallest absolute Gasteiger partial charge is 0.391 e. The molecule has 0 unspecified atom stereocenters. The molecule has 12 heteroatoms. The number of hydrogen-bond acceptors (Lipinski definition) is 5. The van der Waals surface area contributed by atoms with Gasteiger partial charge in [0.15, 0.2) is 0 Å². The number of carbonyl (C=O) groups is 3. The molecule has 0 aliphatic carbocycles. The number of nitrogens with zero attached hydrogens (tertiary/aromatic N) is 1. The van der Waals surface area contributed by atoms with Crippen LogP contribution in [0.3, 0.4) is 0 Å². The van der Waals surface area contributed by atoms with E-state index in [4.69, 9.17) is 0 Å². The second-order valence-corrected chi connectivity index (χ2v) is 10.3. The van der Waals surface area contributed by atoms with Crippen LogP contribution in [0.2, 0.25) is 0 Å². The van der Waals surface area contributed by atoms with Gasteiger partial charge in [0.2, 0.25) is 5.91 Å². The number of aliphatic hydroxyl groups excluding tert-OH is 1. The van der Waals surface area contributed by atoms with Gasteiger partial charge in [-0.15, -0.1) is 0 Å². The molecule has 2 aromatic carbocycles. The van der Waals surface area contributed by atoms with Crippen LogP contribution in [0.4, 0.5) is 23.7 Å². The quantitative estimate of drug-likeness (QED) is 0.263. The molecule has 2 atom stereocenters. The van der Waals surface area contributed by atoms with Gasteiger partial charge in [0.05, 0.1) is 35.5 Å². The number of carbonyl (C=O) groups excluding carboxylic acids is 3. The minimum atomic E-state index is -4.71. The summed E-state index contributed by atoms with van der Waals surface area (Å²) in [6.45, 7) is 7.18. The minimum Gasteiger partial charge on any atom is -0.391 e. The van der Waals surface area contributed by atoms with Gasteiger partial charge < -0.3 is 31.3 Å². The third-order valence-corrected chi connectivity index (χ3v) is 6.96. The molecule has 0 spiro atoms. The molecule has 1 fully saturated rings. The van der Waals surface area contributed by atoms with E-state index in [1.807, 2.05) is 32.9 Å². The van der Waals surface area contributed by atoms with Gasteiger partial charge in [-0.25, -0.2) is 4.79 Å². The van der Waals surface area contributed by atoms with E-state index in [0.29, 0.717) is 38.5 Å². The van der Waals surface area contributed by atoms with Crippen molar-refractivity contribution in [3.63, 3.8) is 0 Å². The van der Waals surface area contributed by atoms with E-state index in [1.165, 1.54) is 4.90 Å². The number of anilines is 1. The second-order valence-electron chi connectivity index (χ2n) is 10.3. The van der Waals surface area contributed by atoms with Crippen LogP contribution in [0.1, 0.15) is 58.8 Å². The van der Waals surface area contributed by atoms with Crippen molar-refractivity contribution in [3.05, 3.63) is 64.2 Å². The molecule has 4 amide bonds. The number of aryl methyl sites for hydroxylation is 2. The highest BCUT2D eigenvalue weighted by molar-refractivity contribution is 6.04. The van der Waals surface area contributed by atoms with Crippen molar-refractivity contribution >= 4 is 23.5 Å². The first-order chi connectivity index (χ1) is 19.4. The molecule has 0 aromatic heterocycles. The molecule has 1 saturated heterocycles. The third kappa shape index (κ3) is 9.19. The largest absolute Gasteiger partial charge is 0.416 e. The van der Waals surface area contributed by atoms with Gasteiger partial charge in [-0.2, -0.15) is 13.2 Å². The maximum Gasteiger partial charge on any atom is 0.416 e. The Kier molecular flexibility index (Phi) is 11.1. The first kappa shape index (κ1) is 31.9. The maximum absolute atomic E-state index is 13.3. The van der Waals surface area contributed by atoms with Crippen LogP contribution in [0.5, 0.6) is 0 Å². The Morgan fingerprint density at radius 2 is 1.80 bits per heavy atom. The monoisotopic (exact) mass is 577 g/mol. The van der Waals surface area contributed by atoms with E-state index in [0.717, 1.165) is 35.2 Å². The average molecular weight is 578 g/mol. The van der Waals surface area contributed by atoms with E-state index in [9.17, 15) is 32.7 Å². The number of halogens is 3. The molecule has 0 radical (unpaired) electrons. The number of amides is 4. The number of hydrogen-bond donors (Lipinski definition) is 5. The van der Waals surface area contributed by atoms with Crippen molar-refractivity contribution in [2.24, 2.45) is 0 Å². The molecular formula is C29H38F3N5O4. The second kappa shape index (κ2) is 14.3. The number of benzene rings is 2. The molecule has 9 nitrogen and oxygen atoms in total. The Bertz CT molecular complexity index is 1230. The number of nitrogens with one attached hydrogen (secondary N) is 4. The summed E-state index contributed by atoms with van der Waals surface area (Å²) in [6.07, 6.45) is -3.62.